The number of nitrogens with two attached hydrogens (primary N) is 1. The van der Waals surface area contributed by atoms with Crippen LogP contribution in [0.15, 0.2) is 23.0 Å². The van der Waals surface area contributed by atoms with Gasteiger partial charge in [0.15, 0.2) is 0 Å². The first-order chi connectivity index (χ1) is 9.78. The number of pyridine rings is 1. The largest absolute Gasteiger partial charge is 0.339 e. The standard InChI is InChI=1S/C15H20N4O/c1-2-10-9-17-7-6-13(10)14-18-15(20-19-14)11-4-3-5-12(16)8-11/h6-7,9,11-12H,2-5,8,16H2,1H3. The summed E-state index contributed by atoms with van der Waals surface area (Å²) in [7, 11) is 0. The van der Waals surface area contributed by atoms with Crippen LogP contribution in [0.1, 0.15) is 50.0 Å². The van der Waals surface area contributed by atoms with E-state index < -0.39 is 0 Å². The molecule has 5 heteroatoms. The topological polar surface area (TPSA) is 77.8 Å². The third kappa shape index (κ3) is 2.58. The van der Waals surface area contributed by atoms with Crippen LogP contribution >= 0.6 is 0 Å². The van der Waals surface area contributed by atoms with Crippen LogP contribution in [0.3, 0.4) is 0 Å². The first kappa shape index (κ1) is 13.2. The highest BCUT2D eigenvalue weighted by Crippen LogP contribution is 2.32. The van der Waals surface area contributed by atoms with Crippen LogP contribution in [-0.4, -0.2) is 21.2 Å². The lowest BCUT2D eigenvalue weighted by Crippen LogP contribution is -2.26. The second kappa shape index (κ2) is 5.71. The first-order valence-electron chi connectivity index (χ1n) is 7.30. The van der Waals surface area contributed by atoms with Crippen LogP contribution in [0.4, 0.5) is 0 Å². The molecule has 0 spiro atoms. The molecule has 1 aliphatic rings. The molecule has 0 saturated heterocycles. The van der Waals surface area contributed by atoms with Crippen LogP contribution < -0.4 is 5.73 Å². The SMILES string of the molecule is CCc1cnccc1-c1noc(C2CCCC(N)C2)n1. The molecule has 2 unspecified atom stereocenters. The van der Waals surface area contributed by atoms with Crippen molar-refractivity contribution in [3.63, 3.8) is 0 Å². The lowest BCUT2D eigenvalue weighted by atomic mass is 9.86. The zero-order chi connectivity index (χ0) is 13.9. The highest BCUT2D eigenvalue weighted by molar-refractivity contribution is 5.58. The summed E-state index contributed by atoms with van der Waals surface area (Å²) < 4.78 is 5.47. The van der Waals surface area contributed by atoms with Gasteiger partial charge in [-0.3, -0.25) is 4.98 Å². The van der Waals surface area contributed by atoms with E-state index in [4.69, 9.17) is 10.3 Å². The molecule has 1 saturated carbocycles. The maximum atomic E-state index is 6.03. The summed E-state index contributed by atoms with van der Waals surface area (Å²) in [5.74, 6) is 1.71. The number of hydrogen-bond acceptors (Lipinski definition) is 5. The molecule has 2 atom stereocenters. The number of hydrogen-bond donors (Lipinski definition) is 1. The van der Waals surface area contributed by atoms with Crippen molar-refractivity contribution in [1.82, 2.24) is 15.1 Å². The van der Waals surface area contributed by atoms with Crippen LogP contribution in [0.5, 0.6) is 0 Å². The van der Waals surface area contributed by atoms with Gasteiger partial charge in [-0.2, -0.15) is 4.98 Å². The minimum atomic E-state index is 0.260. The molecule has 20 heavy (non-hydrogen) atoms. The van der Waals surface area contributed by atoms with E-state index in [9.17, 15) is 0 Å². The van der Waals surface area contributed by atoms with Crippen molar-refractivity contribution >= 4 is 0 Å². The Morgan fingerprint density at radius 1 is 1.40 bits per heavy atom. The predicted molar refractivity (Wildman–Crippen MR) is 76.1 cm³/mol. The van der Waals surface area contributed by atoms with E-state index in [1.165, 1.54) is 0 Å². The molecule has 2 N–H and O–H groups in total. The molecule has 0 radical (unpaired) electrons. The van der Waals surface area contributed by atoms with Gasteiger partial charge in [-0.1, -0.05) is 18.5 Å². The fourth-order valence-electron chi connectivity index (χ4n) is 2.89. The molecule has 0 amide bonds. The Balaban J connectivity index is 1.86. The summed E-state index contributed by atoms with van der Waals surface area (Å²) in [4.78, 5) is 8.73. The molecule has 3 rings (SSSR count). The van der Waals surface area contributed by atoms with Crippen LogP contribution in [0.2, 0.25) is 0 Å². The van der Waals surface area contributed by atoms with Gasteiger partial charge in [0.1, 0.15) is 0 Å². The van der Waals surface area contributed by atoms with Gasteiger partial charge in [-0.15, -0.1) is 0 Å². The smallest absolute Gasteiger partial charge is 0.230 e. The first-order valence-corrected chi connectivity index (χ1v) is 7.30. The lowest BCUT2D eigenvalue weighted by molar-refractivity contribution is 0.299. The van der Waals surface area contributed by atoms with Gasteiger partial charge in [0.2, 0.25) is 11.7 Å². The Labute approximate surface area is 118 Å². The third-order valence-corrected chi connectivity index (χ3v) is 4.03. The maximum absolute atomic E-state index is 6.03. The van der Waals surface area contributed by atoms with Crippen LogP contribution in [-0.2, 0) is 6.42 Å². The van der Waals surface area contributed by atoms with E-state index in [0.29, 0.717) is 11.7 Å². The van der Waals surface area contributed by atoms with Gasteiger partial charge >= 0.3 is 0 Å². The minimum absolute atomic E-state index is 0.260. The fourth-order valence-corrected chi connectivity index (χ4v) is 2.89. The Kier molecular flexibility index (Phi) is 3.78. The molecule has 2 aromatic rings. The molecule has 2 aromatic heterocycles. The summed E-state index contributed by atoms with van der Waals surface area (Å²) in [5.41, 5.74) is 8.18. The van der Waals surface area contributed by atoms with Crippen molar-refractivity contribution < 1.29 is 4.52 Å². The number of rotatable bonds is 3. The normalized spacial score (nSPS) is 22.9. The van der Waals surface area contributed by atoms with E-state index in [-0.39, 0.29) is 6.04 Å². The number of aryl methyl sites for hydroxylation is 1. The highest BCUT2D eigenvalue weighted by atomic mass is 16.5. The van der Waals surface area contributed by atoms with Gasteiger partial charge < -0.3 is 10.3 Å². The summed E-state index contributed by atoms with van der Waals surface area (Å²) in [6.07, 6.45) is 8.80. The van der Waals surface area contributed by atoms with E-state index in [0.717, 1.165) is 49.1 Å². The van der Waals surface area contributed by atoms with E-state index in [1.54, 1.807) is 6.20 Å². The zero-order valence-electron chi connectivity index (χ0n) is 11.7. The maximum Gasteiger partial charge on any atom is 0.230 e. The molecular formula is C15H20N4O. The zero-order valence-corrected chi connectivity index (χ0v) is 11.7. The third-order valence-electron chi connectivity index (χ3n) is 4.03. The summed E-state index contributed by atoms with van der Waals surface area (Å²) in [6.45, 7) is 2.10. The summed E-state index contributed by atoms with van der Waals surface area (Å²) in [6, 6.07) is 2.20. The molecule has 2 heterocycles. The Hall–Kier alpha value is -1.75. The van der Waals surface area contributed by atoms with Gasteiger partial charge in [-0.25, -0.2) is 0 Å². The average molecular weight is 272 g/mol. The molecule has 5 nitrogen and oxygen atoms in total. The van der Waals surface area contributed by atoms with E-state index in [1.807, 2.05) is 12.3 Å². The quantitative estimate of drug-likeness (QED) is 0.929. The molecule has 1 aliphatic carbocycles. The fraction of sp³-hybridized carbons (Fsp3) is 0.533. The molecule has 0 aromatic carbocycles. The second-order valence-electron chi connectivity index (χ2n) is 5.47. The molecule has 0 aliphatic heterocycles. The van der Waals surface area contributed by atoms with Gasteiger partial charge in [0, 0.05) is 29.9 Å². The highest BCUT2D eigenvalue weighted by Gasteiger charge is 2.26. The van der Waals surface area contributed by atoms with Gasteiger partial charge in [0.25, 0.3) is 0 Å². The van der Waals surface area contributed by atoms with E-state index in [2.05, 4.69) is 22.0 Å². The van der Waals surface area contributed by atoms with Crippen molar-refractivity contribution in [2.45, 2.75) is 51.0 Å². The number of nitrogens with zero attached hydrogens (tertiary/aromatic N) is 3. The minimum Gasteiger partial charge on any atom is -0.339 e. The Morgan fingerprint density at radius 3 is 3.10 bits per heavy atom. The van der Waals surface area contributed by atoms with Crippen molar-refractivity contribution in [1.29, 1.82) is 0 Å². The van der Waals surface area contributed by atoms with Crippen molar-refractivity contribution in [3.05, 3.63) is 29.9 Å². The van der Waals surface area contributed by atoms with Crippen LogP contribution in [0, 0.1) is 0 Å². The van der Waals surface area contributed by atoms with Crippen LogP contribution in [0.25, 0.3) is 11.4 Å². The molecule has 0 bridgehead atoms. The van der Waals surface area contributed by atoms with Gasteiger partial charge in [-0.05, 0) is 37.3 Å². The van der Waals surface area contributed by atoms with E-state index >= 15 is 0 Å². The molecule has 1 fully saturated rings. The van der Waals surface area contributed by atoms with Crippen molar-refractivity contribution in [2.75, 3.05) is 0 Å². The average Bonchev–Trinajstić information content (AvgIpc) is 2.97. The predicted octanol–water partition coefficient (Wildman–Crippen LogP) is 2.68. The second-order valence-corrected chi connectivity index (χ2v) is 5.47. The van der Waals surface area contributed by atoms with Gasteiger partial charge in [0.05, 0.1) is 0 Å². The monoisotopic (exact) mass is 272 g/mol. The molecular weight excluding hydrogens is 252 g/mol. The van der Waals surface area contributed by atoms with Crippen molar-refractivity contribution in [2.24, 2.45) is 5.73 Å². The summed E-state index contributed by atoms with van der Waals surface area (Å²) >= 11 is 0. The molecule has 106 valence electrons. The Morgan fingerprint density at radius 2 is 2.30 bits per heavy atom. The number of aromatic nitrogens is 3. The summed E-state index contributed by atoms with van der Waals surface area (Å²) in [5, 5.41) is 4.14. The van der Waals surface area contributed by atoms with Crippen molar-refractivity contribution in [3.8, 4) is 11.4 Å². The Bertz CT molecular complexity index is 581. The lowest BCUT2D eigenvalue weighted by Gasteiger charge is -2.23.